The summed E-state index contributed by atoms with van der Waals surface area (Å²) in [5.74, 6) is 0.0395. The number of benzene rings is 3. The standard InChI is InChI=1S/C29H22BrFN2O3S/c1-2-36-23-14-16(13-22(30)27(23)34)15-24-28(35)33-26(18-7-10-19(31)11-8-18)21-12-9-17-5-3-4-6-20(17)25(21)32-29(33)37-24/h3-8,10-11,13-15,26,34H,2,9,12H2,1H3. The number of rotatable bonds is 4. The summed E-state index contributed by atoms with van der Waals surface area (Å²) in [4.78, 5) is 19.4. The molecule has 6 rings (SSSR count). The molecule has 1 aromatic heterocycles. The number of phenols is 1. The predicted molar refractivity (Wildman–Crippen MR) is 146 cm³/mol. The van der Waals surface area contributed by atoms with Gasteiger partial charge in [0, 0.05) is 5.56 Å². The number of allylic oxidation sites excluding steroid dienone is 1. The van der Waals surface area contributed by atoms with Gasteiger partial charge in [-0.25, -0.2) is 9.38 Å². The normalized spacial score (nSPS) is 16.6. The molecular formula is C29H22BrFN2O3S. The van der Waals surface area contributed by atoms with Crippen LogP contribution in [0.25, 0.3) is 11.8 Å². The van der Waals surface area contributed by atoms with Crippen LogP contribution in [0.5, 0.6) is 11.5 Å². The van der Waals surface area contributed by atoms with Gasteiger partial charge in [-0.3, -0.25) is 9.36 Å². The molecule has 1 unspecified atom stereocenters. The Balaban J connectivity index is 1.59. The molecule has 1 atom stereocenters. The molecule has 186 valence electrons. The van der Waals surface area contributed by atoms with E-state index in [0.29, 0.717) is 31.7 Å². The van der Waals surface area contributed by atoms with E-state index in [2.05, 4.69) is 28.1 Å². The number of halogens is 2. The lowest BCUT2D eigenvalue weighted by Gasteiger charge is -2.30. The first-order chi connectivity index (χ1) is 17.9. The minimum Gasteiger partial charge on any atom is -0.503 e. The van der Waals surface area contributed by atoms with Crippen LogP contribution in [0.4, 0.5) is 4.39 Å². The highest BCUT2D eigenvalue weighted by atomic mass is 79.9. The van der Waals surface area contributed by atoms with E-state index < -0.39 is 0 Å². The highest BCUT2D eigenvalue weighted by Crippen LogP contribution is 2.41. The number of phenolic OH excluding ortho intramolecular Hbond substituents is 1. The fourth-order valence-corrected chi connectivity index (χ4v) is 6.52. The molecule has 0 spiro atoms. The zero-order chi connectivity index (χ0) is 25.7. The van der Waals surface area contributed by atoms with Crippen molar-refractivity contribution in [3.05, 3.63) is 118 Å². The van der Waals surface area contributed by atoms with Gasteiger partial charge in [-0.05, 0) is 88.3 Å². The summed E-state index contributed by atoms with van der Waals surface area (Å²) in [7, 11) is 0. The van der Waals surface area contributed by atoms with Gasteiger partial charge in [-0.1, -0.05) is 47.7 Å². The Hall–Kier alpha value is -3.49. The molecule has 37 heavy (non-hydrogen) atoms. The molecule has 0 fully saturated rings. The van der Waals surface area contributed by atoms with Crippen molar-refractivity contribution in [2.24, 2.45) is 4.99 Å². The lowest BCUT2D eigenvalue weighted by Crippen LogP contribution is -2.38. The SMILES string of the molecule is CCOc1cc(C=c2sc3n(c2=O)C(c2ccc(F)cc2)C2=C(N=3)c3ccccc3CC2)cc(Br)c1O. The van der Waals surface area contributed by atoms with Crippen molar-refractivity contribution in [1.82, 2.24) is 4.57 Å². The van der Waals surface area contributed by atoms with E-state index in [4.69, 9.17) is 9.73 Å². The van der Waals surface area contributed by atoms with Gasteiger partial charge in [0.25, 0.3) is 5.56 Å². The second-order valence-electron chi connectivity index (χ2n) is 8.95. The predicted octanol–water partition coefficient (Wildman–Crippen LogP) is 5.32. The molecule has 3 aromatic carbocycles. The van der Waals surface area contributed by atoms with Crippen LogP contribution in [0, 0.1) is 5.82 Å². The monoisotopic (exact) mass is 576 g/mol. The molecule has 1 aliphatic heterocycles. The summed E-state index contributed by atoms with van der Waals surface area (Å²) in [6.07, 6.45) is 3.41. The van der Waals surface area contributed by atoms with E-state index in [-0.39, 0.29) is 23.2 Å². The minimum atomic E-state index is -0.368. The summed E-state index contributed by atoms with van der Waals surface area (Å²) in [5, 5.41) is 10.3. The maximum absolute atomic E-state index is 13.8. The molecule has 5 nitrogen and oxygen atoms in total. The third-order valence-corrected chi connectivity index (χ3v) is 8.29. The zero-order valence-corrected chi connectivity index (χ0v) is 22.3. The number of fused-ring (bicyclic) bond motifs is 3. The van der Waals surface area contributed by atoms with Crippen molar-refractivity contribution in [2.75, 3.05) is 6.61 Å². The Kier molecular flexibility index (Phi) is 6.09. The largest absolute Gasteiger partial charge is 0.503 e. The Labute approximate surface area is 224 Å². The van der Waals surface area contributed by atoms with Crippen molar-refractivity contribution >= 4 is 39.0 Å². The summed E-state index contributed by atoms with van der Waals surface area (Å²) >= 11 is 4.69. The molecule has 4 aromatic rings. The lowest BCUT2D eigenvalue weighted by atomic mass is 9.83. The highest BCUT2D eigenvalue weighted by molar-refractivity contribution is 9.10. The van der Waals surface area contributed by atoms with Gasteiger partial charge in [-0.2, -0.15) is 0 Å². The van der Waals surface area contributed by atoms with E-state index in [1.807, 2.05) is 19.1 Å². The van der Waals surface area contributed by atoms with Crippen LogP contribution in [0.3, 0.4) is 0 Å². The van der Waals surface area contributed by atoms with Crippen LogP contribution in [-0.4, -0.2) is 16.3 Å². The smallest absolute Gasteiger partial charge is 0.271 e. The van der Waals surface area contributed by atoms with Crippen LogP contribution in [0.15, 0.2) is 80.5 Å². The van der Waals surface area contributed by atoms with Crippen LogP contribution in [0.2, 0.25) is 0 Å². The Morgan fingerprint density at radius 3 is 2.76 bits per heavy atom. The number of ether oxygens (including phenoxy) is 1. The second-order valence-corrected chi connectivity index (χ2v) is 10.8. The first-order valence-corrected chi connectivity index (χ1v) is 13.6. The second kappa shape index (κ2) is 9.43. The third kappa shape index (κ3) is 4.14. The molecule has 1 N–H and O–H groups in total. The quantitative estimate of drug-likeness (QED) is 0.357. The lowest BCUT2D eigenvalue weighted by molar-refractivity contribution is 0.317. The van der Waals surface area contributed by atoms with Gasteiger partial charge in [0.05, 0.1) is 27.4 Å². The fourth-order valence-electron chi connectivity index (χ4n) is 5.06. The molecule has 0 bridgehead atoms. The molecule has 0 saturated heterocycles. The van der Waals surface area contributed by atoms with Crippen molar-refractivity contribution in [3.8, 4) is 11.5 Å². The third-order valence-electron chi connectivity index (χ3n) is 6.71. The minimum absolute atomic E-state index is 0.0168. The van der Waals surface area contributed by atoms with E-state index in [0.717, 1.165) is 35.2 Å². The highest BCUT2D eigenvalue weighted by Gasteiger charge is 2.32. The molecule has 8 heteroatoms. The van der Waals surface area contributed by atoms with Crippen LogP contribution < -0.4 is 19.6 Å². The van der Waals surface area contributed by atoms with E-state index in [1.165, 1.54) is 29.0 Å². The number of hydrogen-bond donors (Lipinski definition) is 1. The molecule has 1 aliphatic carbocycles. The topological polar surface area (TPSA) is 63.8 Å². The van der Waals surface area contributed by atoms with Crippen molar-refractivity contribution < 1.29 is 14.2 Å². The van der Waals surface area contributed by atoms with E-state index in [9.17, 15) is 14.3 Å². The summed E-state index contributed by atoms with van der Waals surface area (Å²) in [6, 6.07) is 17.7. The van der Waals surface area contributed by atoms with Gasteiger partial charge >= 0.3 is 0 Å². The Morgan fingerprint density at radius 2 is 1.97 bits per heavy atom. The molecular weight excluding hydrogens is 555 g/mol. The average molecular weight is 577 g/mol. The molecule has 0 amide bonds. The van der Waals surface area contributed by atoms with Crippen molar-refractivity contribution in [3.63, 3.8) is 0 Å². The van der Waals surface area contributed by atoms with Gasteiger partial charge in [0.15, 0.2) is 16.3 Å². The zero-order valence-electron chi connectivity index (χ0n) is 19.9. The van der Waals surface area contributed by atoms with Crippen LogP contribution >= 0.6 is 27.3 Å². The van der Waals surface area contributed by atoms with Crippen LogP contribution in [0.1, 0.15) is 41.6 Å². The first-order valence-electron chi connectivity index (χ1n) is 12.0. The van der Waals surface area contributed by atoms with E-state index in [1.54, 1.807) is 34.9 Å². The Bertz CT molecular complexity index is 1760. The van der Waals surface area contributed by atoms with Gasteiger partial charge in [-0.15, -0.1) is 0 Å². The molecule has 2 aliphatic rings. The maximum Gasteiger partial charge on any atom is 0.271 e. The van der Waals surface area contributed by atoms with Gasteiger partial charge in [0.2, 0.25) is 0 Å². The van der Waals surface area contributed by atoms with Gasteiger partial charge in [0.1, 0.15) is 5.82 Å². The first kappa shape index (κ1) is 23.9. The fraction of sp³-hybridized carbons (Fsp3) is 0.172. The molecule has 0 saturated carbocycles. The summed E-state index contributed by atoms with van der Waals surface area (Å²) < 4.78 is 22.1. The number of thiazole rings is 1. The Morgan fingerprint density at radius 1 is 1.19 bits per heavy atom. The molecule has 0 radical (unpaired) electrons. The van der Waals surface area contributed by atoms with Crippen molar-refractivity contribution in [1.29, 1.82) is 0 Å². The maximum atomic E-state index is 13.8. The van der Waals surface area contributed by atoms with Gasteiger partial charge < -0.3 is 9.84 Å². The summed E-state index contributed by atoms with van der Waals surface area (Å²) in [6.45, 7) is 2.24. The average Bonchev–Trinajstić information content (AvgIpc) is 3.20. The number of aryl methyl sites for hydroxylation is 1. The number of nitrogens with zero attached hydrogens (tertiary/aromatic N) is 2. The molecule has 2 heterocycles. The number of hydrogen-bond acceptors (Lipinski definition) is 5. The number of aromatic hydroxyl groups is 1. The number of aromatic nitrogens is 1. The summed E-state index contributed by atoms with van der Waals surface area (Å²) in [5.41, 5.74) is 5.68. The van der Waals surface area contributed by atoms with Crippen molar-refractivity contribution in [2.45, 2.75) is 25.8 Å². The van der Waals surface area contributed by atoms with E-state index >= 15 is 0 Å². The van der Waals surface area contributed by atoms with Crippen LogP contribution in [-0.2, 0) is 6.42 Å².